The minimum Gasteiger partial charge on any atom is -0.464 e. The van der Waals surface area contributed by atoms with Crippen molar-refractivity contribution >= 4 is 5.97 Å². The fourth-order valence-corrected chi connectivity index (χ4v) is 1.13. The minimum absolute atomic E-state index is 0.000359. The molecule has 0 atom stereocenters. The zero-order chi connectivity index (χ0) is 12.3. The summed E-state index contributed by atoms with van der Waals surface area (Å²) in [6.45, 7) is 4.01. The average molecular weight is 243 g/mol. The molecule has 96 valence electrons. The first-order valence-corrected chi connectivity index (χ1v) is 5.52. The Balaban J connectivity index is 1.86. The third kappa shape index (κ3) is 6.64. The fraction of sp³-hybridized carbons (Fsp3) is 0.700. The Morgan fingerprint density at radius 3 is 3.12 bits per heavy atom. The molecule has 0 spiro atoms. The number of carbonyl (C=O) groups excluding carboxylic acids is 1. The van der Waals surface area contributed by atoms with Crippen molar-refractivity contribution < 1.29 is 18.8 Å². The topological polar surface area (TPSA) is 86.5 Å². The lowest BCUT2D eigenvalue weighted by atomic mass is 10.4. The van der Waals surface area contributed by atoms with Crippen LogP contribution in [0, 0.1) is 0 Å². The summed E-state index contributed by atoms with van der Waals surface area (Å²) in [6.07, 6.45) is 2.01. The predicted octanol–water partition coefficient (Wildman–Crippen LogP) is -0.219. The second-order valence-corrected chi connectivity index (χ2v) is 3.21. The normalized spacial score (nSPS) is 10.4. The van der Waals surface area contributed by atoms with E-state index < -0.39 is 0 Å². The zero-order valence-corrected chi connectivity index (χ0v) is 9.85. The van der Waals surface area contributed by atoms with Gasteiger partial charge in [-0.05, 0) is 6.92 Å². The molecule has 7 heteroatoms. The van der Waals surface area contributed by atoms with E-state index in [1.807, 2.05) is 0 Å². The first-order chi connectivity index (χ1) is 8.33. The number of aromatic nitrogens is 2. The van der Waals surface area contributed by atoms with Crippen molar-refractivity contribution in [3.8, 4) is 0 Å². The first-order valence-electron chi connectivity index (χ1n) is 5.52. The Bertz CT molecular complexity index is 303. The van der Waals surface area contributed by atoms with E-state index >= 15 is 0 Å². The molecule has 0 radical (unpaired) electrons. The lowest BCUT2D eigenvalue weighted by molar-refractivity contribution is -0.148. The summed E-state index contributed by atoms with van der Waals surface area (Å²) in [5.74, 6) is 0.337. The summed E-state index contributed by atoms with van der Waals surface area (Å²) in [6, 6.07) is 0. The van der Waals surface area contributed by atoms with Gasteiger partial charge in [0.05, 0.1) is 13.2 Å². The van der Waals surface area contributed by atoms with Crippen LogP contribution in [0.25, 0.3) is 0 Å². The maximum Gasteiger partial charge on any atom is 0.332 e. The second-order valence-electron chi connectivity index (χ2n) is 3.21. The molecule has 0 unspecified atom stereocenters. The Kier molecular flexibility index (Phi) is 6.92. The van der Waals surface area contributed by atoms with Crippen LogP contribution in [-0.4, -0.2) is 49.0 Å². The van der Waals surface area contributed by atoms with Gasteiger partial charge in [0.2, 0.25) is 6.39 Å². The van der Waals surface area contributed by atoms with E-state index in [4.69, 9.17) is 9.47 Å². The molecule has 0 aliphatic heterocycles. The smallest absolute Gasteiger partial charge is 0.332 e. The highest BCUT2D eigenvalue weighted by Crippen LogP contribution is 1.87. The van der Waals surface area contributed by atoms with Gasteiger partial charge < -0.3 is 19.3 Å². The lowest BCUT2D eigenvalue weighted by Gasteiger charge is -2.04. The monoisotopic (exact) mass is 243 g/mol. The summed E-state index contributed by atoms with van der Waals surface area (Å²) in [4.78, 5) is 14.8. The zero-order valence-electron chi connectivity index (χ0n) is 9.85. The van der Waals surface area contributed by atoms with Crippen LogP contribution in [0.1, 0.15) is 12.7 Å². The number of esters is 1. The molecule has 1 aromatic heterocycles. The number of nitrogens with zero attached hydrogens (tertiary/aromatic N) is 2. The van der Waals surface area contributed by atoms with Gasteiger partial charge in [0.15, 0.2) is 5.82 Å². The number of rotatable bonds is 9. The van der Waals surface area contributed by atoms with E-state index in [2.05, 4.69) is 20.0 Å². The van der Waals surface area contributed by atoms with Crippen LogP contribution in [-0.2, 0) is 20.7 Å². The van der Waals surface area contributed by atoms with Crippen LogP contribution in [0.15, 0.2) is 10.9 Å². The molecule has 7 nitrogen and oxygen atoms in total. The molecule has 1 N–H and O–H groups in total. The second kappa shape index (κ2) is 8.66. The summed E-state index contributed by atoms with van der Waals surface area (Å²) < 4.78 is 14.4. The molecule has 0 aromatic carbocycles. The van der Waals surface area contributed by atoms with Crippen LogP contribution in [0.5, 0.6) is 0 Å². The van der Waals surface area contributed by atoms with E-state index in [0.29, 0.717) is 32.0 Å². The van der Waals surface area contributed by atoms with Gasteiger partial charge in [0, 0.05) is 19.5 Å². The highest BCUT2D eigenvalue weighted by Gasteiger charge is 2.00. The molecule has 1 heterocycles. The molecule has 0 saturated carbocycles. The quantitative estimate of drug-likeness (QED) is 0.474. The van der Waals surface area contributed by atoms with E-state index in [1.165, 1.54) is 6.39 Å². The maximum absolute atomic E-state index is 10.9. The third-order valence-corrected chi connectivity index (χ3v) is 1.88. The van der Waals surface area contributed by atoms with Gasteiger partial charge in [-0.2, -0.15) is 4.98 Å². The van der Waals surface area contributed by atoms with E-state index in [9.17, 15) is 4.79 Å². The fourth-order valence-electron chi connectivity index (χ4n) is 1.13. The third-order valence-electron chi connectivity index (χ3n) is 1.88. The van der Waals surface area contributed by atoms with Crippen molar-refractivity contribution in [1.29, 1.82) is 0 Å². The summed E-state index contributed by atoms with van der Waals surface area (Å²) in [5.41, 5.74) is 0. The molecule has 0 aliphatic rings. The van der Waals surface area contributed by atoms with E-state index in [-0.39, 0.29) is 12.6 Å². The molecule has 1 aromatic rings. The molecule has 0 fully saturated rings. The minimum atomic E-state index is -0.334. The number of hydrogen-bond donors (Lipinski definition) is 1. The number of hydrogen-bond acceptors (Lipinski definition) is 7. The Morgan fingerprint density at radius 2 is 2.41 bits per heavy atom. The first kappa shape index (κ1) is 13.6. The van der Waals surface area contributed by atoms with Crippen LogP contribution >= 0.6 is 0 Å². The van der Waals surface area contributed by atoms with Crippen molar-refractivity contribution in [2.24, 2.45) is 0 Å². The lowest BCUT2D eigenvalue weighted by Crippen LogP contribution is -2.24. The van der Waals surface area contributed by atoms with Crippen molar-refractivity contribution in [2.75, 3.05) is 32.9 Å². The Morgan fingerprint density at radius 1 is 1.53 bits per heavy atom. The highest BCUT2D eigenvalue weighted by molar-refractivity contribution is 5.70. The standard InChI is InChI=1S/C10H17N3O4/c1-2-16-10(14)7-15-6-5-11-4-3-9-12-8-17-13-9/h8,11H,2-7H2,1H3. The molecule has 1 rings (SSSR count). The van der Waals surface area contributed by atoms with Crippen LogP contribution in [0.3, 0.4) is 0 Å². The van der Waals surface area contributed by atoms with Gasteiger partial charge >= 0.3 is 5.97 Å². The molecular formula is C10H17N3O4. The van der Waals surface area contributed by atoms with Crippen LogP contribution in [0.4, 0.5) is 0 Å². The number of carbonyl (C=O) groups is 1. The van der Waals surface area contributed by atoms with Gasteiger partial charge in [-0.25, -0.2) is 4.79 Å². The Labute approximate surface area is 99.5 Å². The van der Waals surface area contributed by atoms with Gasteiger partial charge in [0.25, 0.3) is 0 Å². The van der Waals surface area contributed by atoms with Gasteiger partial charge in [-0.3, -0.25) is 0 Å². The molecule has 17 heavy (non-hydrogen) atoms. The van der Waals surface area contributed by atoms with Gasteiger partial charge in [-0.1, -0.05) is 5.16 Å². The Hall–Kier alpha value is -1.47. The maximum atomic E-state index is 10.9. The van der Waals surface area contributed by atoms with Crippen molar-refractivity contribution in [2.45, 2.75) is 13.3 Å². The van der Waals surface area contributed by atoms with Crippen molar-refractivity contribution in [3.63, 3.8) is 0 Å². The number of ether oxygens (including phenoxy) is 2. The molecule has 0 saturated heterocycles. The summed E-state index contributed by atoms with van der Waals surface area (Å²) in [5, 5.41) is 6.81. The van der Waals surface area contributed by atoms with E-state index in [1.54, 1.807) is 6.92 Å². The van der Waals surface area contributed by atoms with E-state index in [0.717, 1.165) is 6.54 Å². The van der Waals surface area contributed by atoms with Crippen LogP contribution in [0.2, 0.25) is 0 Å². The SMILES string of the molecule is CCOC(=O)COCCNCCc1ncon1. The largest absolute Gasteiger partial charge is 0.464 e. The summed E-state index contributed by atoms with van der Waals surface area (Å²) >= 11 is 0. The van der Waals surface area contributed by atoms with Gasteiger partial charge in [-0.15, -0.1) is 0 Å². The van der Waals surface area contributed by atoms with Crippen molar-refractivity contribution in [3.05, 3.63) is 12.2 Å². The van der Waals surface area contributed by atoms with Crippen molar-refractivity contribution in [1.82, 2.24) is 15.5 Å². The van der Waals surface area contributed by atoms with Crippen LogP contribution < -0.4 is 5.32 Å². The predicted molar refractivity (Wildman–Crippen MR) is 58.3 cm³/mol. The molecule has 0 bridgehead atoms. The average Bonchev–Trinajstić information content (AvgIpc) is 2.81. The molecular weight excluding hydrogens is 226 g/mol. The summed E-state index contributed by atoms with van der Waals surface area (Å²) in [7, 11) is 0. The number of nitrogens with one attached hydrogen (secondary N) is 1. The molecule has 0 amide bonds. The highest BCUT2D eigenvalue weighted by atomic mass is 16.6. The molecule has 0 aliphatic carbocycles. The van der Waals surface area contributed by atoms with Gasteiger partial charge in [0.1, 0.15) is 6.61 Å².